The summed E-state index contributed by atoms with van der Waals surface area (Å²) in [6.45, 7) is 2.02. The van der Waals surface area contributed by atoms with Gasteiger partial charge < -0.3 is 0 Å². The van der Waals surface area contributed by atoms with Crippen LogP contribution in [-0.4, -0.2) is 0 Å². The summed E-state index contributed by atoms with van der Waals surface area (Å²) in [6.07, 6.45) is 0.712. The second-order valence-corrected chi connectivity index (χ2v) is 6.36. The van der Waals surface area contributed by atoms with Crippen LogP contribution in [0.4, 0.5) is 0 Å². The van der Waals surface area contributed by atoms with Crippen molar-refractivity contribution in [3.63, 3.8) is 0 Å². The zero-order chi connectivity index (χ0) is 14.7. The molecule has 5 heteroatoms. The minimum Gasteiger partial charge on any atom is -0.271 e. The maximum atomic E-state index is 6.28. The highest BCUT2D eigenvalue weighted by atomic mass is 79.9. The van der Waals surface area contributed by atoms with Crippen LogP contribution in [0.1, 0.15) is 22.7 Å². The van der Waals surface area contributed by atoms with Crippen molar-refractivity contribution in [3.05, 3.63) is 67.6 Å². The van der Waals surface area contributed by atoms with Crippen LogP contribution in [0.2, 0.25) is 10.0 Å². The quantitative estimate of drug-likeness (QED) is 0.596. The molecule has 0 amide bonds. The standard InChI is InChI=1S/C15H15BrCl2N2/c1-9-2-3-10(14(18)6-9)8-15(20-19)11-4-5-13(17)12(16)7-11/h2-7,15,20H,8,19H2,1H3. The molecule has 1 atom stereocenters. The van der Waals surface area contributed by atoms with E-state index < -0.39 is 0 Å². The molecule has 0 saturated carbocycles. The summed E-state index contributed by atoms with van der Waals surface area (Å²) in [7, 11) is 0. The lowest BCUT2D eigenvalue weighted by molar-refractivity contribution is 0.552. The van der Waals surface area contributed by atoms with Gasteiger partial charge in [0, 0.05) is 9.50 Å². The molecule has 0 saturated heterocycles. The van der Waals surface area contributed by atoms with E-state index in [-0.39, 0.29) is 6.04 Å². The van der Waals surface area contributed by atoms with Gasteiger partial charge in [0.1, 0.15) is 0 Å². The fraction of sp³-hybridized carbons (Fsp3) is 0.200. The minimum absolute atomic E-state index is 0.0243. The maximum Gasteiger partial charge on any atom is 0.0548 e. The van der Waals surface area contributed by atoms with E-state index >= 15 is 0 Å². The molecule has 106 valence electrons. The lowest BCUT2D eigenvalue weighted by Crippen LogP contribution is -2.29. The smallest absolute Gasteiger partial charge is 0.0548 e. The van der Waals surface area contributed by atoms with Crippen molar-refractivity contribution in [1.82, 2.24) is 5.43 Å². The highest BCUT2D eigenvalue weighted by Crippen LogP contribution is 2.29. The zero-order valence-electron chi connectivity index (χ0n) is 11.0. The Morgan fingerprint density at radius 1 is 1.15 bits per heavy atom. The maximum absolute atomic E-state index is 6.28. The first-order chi connectivity index (χ1) is 9.51. The Balaban J connectivity index is 2.26. The van der Waals surface area contributed by atoms with Crippen LogP contribution in [0.15, 0.2) is 40.9 Å². The van der Waals surface area contributed by atoms with Crippen LogP contribution < -0.4 is 11.3 Å². The minimum atomic E-state index is -0.0243. The van der Waals surface area contributed by atoms with Gasteiger partial charge in [-0.1, -0.05) is 41.4 Å². The average molecular weight is 374 g/mol. The molecule has 0 aliphatic heterocycles. The van der Waals surface area contributed by atoms with Crippen molar-refractivity contribution in [3.8, 4) is 0 Å². The molecule has 0 aromatic heterocycles. The second kappa shape index (κ2) is 6.92. The molecule has 20 heavy (non-hydrogen) atoms. The summed E-state index contributed by atoms with van der Waals surface area (Å²) < 4.78 is 0.854. The first-order valence-corrected chi connectivity index (χ1v) is 7.72. The molecular formula is C15H15BrCl2N2. The summed E-state index contributed by atoms with van der Waals surface area (Å²) in [4.78, 5) is 0. The van der Waals surface area contributed by atoms with E-state index in [9.17, 15) is 0 Å². The fourth-order valence-corrected chi connectivity index (χ4v) is 2.87. The van der Waals surface area contributed by atoms with Gasteiger partial charge in [0.15, 0.2) is 0 Å². The molecule has 2 nitrogen and oxygen atoms in total. The van der Waals surface area contributed by atoms with Crippen LogP contribution >= 0.6 is 39.1 Å². The molecule has 0 aliphatic carbocycles. The lowest BCUT2D eigenvalue weighted by atomic mass is 9.99. The zero-order valence-corrected chi connectivity index (χ0v) is 14.1. The van der Waals surface area contributed by atoms with Crippen molar-refractivity contribution < 1.29 is 0 Å². The number of hydrogen-bond acceptors (Lipinski definition) is 2. The fourth-order valence-electron chi connectivity index (χ4n) is 2.04. The topological polar surface area (TPSA) is 38.0 Å². The van der Waals surface area contributed by atoms with E-state index in [0.717, 1.165) is 26.2 Å². The SMILES string of the molecule is Cc1ccc(CC(NN)c2ccc(Cl)c(Br)c2)c(Cl)c1. The van der Waals surface area contributed by atoms with E-state index in [2.05, 4.69) is 21.4 Å². The first kappa shape index (κ1) is 15.8. The van der Waals surface area contributed by atoms with Crippen LogP contribution in [0.25, 0.3) is 0 Å². The Labute approximate surface area is 137 Å². The number of halogens is 3. The van der Waals surface area contributed by atoms with Crippen LogP contribution in [0.3, 0.4) is 0 Å². The van der Waals surface area contributed by atoms with Gasteiger partial charge in [-0.3, -0.25) is 11.3 Å². The Morgan fingerprint density at radius 2 is 1.90 bits per heavy atom. The van der Waals surface area contributed by atoms with E-state index in [0.29, 0.717) is 11.4 Å². The Bertz CT molecular complexity index is 617. The van der Waals surface area contributed by atoms with Crippen LogP contribution in [0, 0.1) is 6.92 Å². The largest absolute Gasteiger partial charge is 0.271 e. The molecule has 0 fully saturated rings. The monoisotopic (exact) mass is 372 g/mol. The van der Waals surface area contributed by atoms with Crippen LogP contribution in [-0.2, 0) is 6.42 Å². The number of hydrogen-bond donors (Lipinski definition) is 2. The highest BCUT2D eigenvalue weighted by Gasteiger charge is 2.14. The van der Waals surface area contributed by atoms with Gasteiger partial charge in [-0.25, -0.2) is 0 Å². The number of nitrogens with two attached hydrogens (primary N) is 1. The third-order valence-electron chi connectivity index (χ3n) is 3.18. The molecule has 2 aromatic rings. The van der Waals surface area contributed by atoms with Gasteiger partial charge in [-0.05, 0) is 64.2 Å². The van der Waals surface area contributed by atoms with Crippen molar-refractivity contribution in [1.29, 1.82) is 0 Å². The molecule has 0 bridgehead atoms. The number of rotatable bonds is 4. The first-order valence-electron chi connectivity index (χ1n) is 6.17. The summed E-state index contributed by atoms with van der Waals surface area (Å²) in [5.74, 6) is 5.68. The van der Waals surface area contributed by atoms with Crippen LogP contribution in [0.5, 0.6) is 0 Å². The van der Waals surface area contributed by atoms with Gasteiger partial charge in [0.25, 0.3) is 0 Å². The third kappa shape index (κ3) is 3.74. The highest BCUT2D eigenvalue weighted by molar-refractivity contribution is 9.10. The number of hydrazine groups is 1. The Morgan fingerprint density at radius 3 is 2.50 bits per heavy atom. The number of benzene rings is 2. The van der Waals surface area contributed by atoms with Crippen molar-refractivity contribution >= 4 is 39.1 Å². The molecule has 0 radical (unpaired) electrons. The number of aryl methyl sites for hydroxylation is 1. The average Bonchev–Trinajstić information content (AvgIpc) is 2.41. The summed E-state index contributed by atoms with van der Waals surface area (Å²) >= 11 is 15.7. The van der Waals surface area contributed by atoms with Gasteiger partial charge in [0.2, 0.25) is 0 Å². The third-order valence-corrected chi connectivity index (χ3v) is 4.75. The molecular weight excluding hydrogens is 359 g/mol. The lowest BCUT2D eigenvalue weighted by Gasteiger charge is -2.18. The second-order valence-electron chi connectivity index (χ2n) is 4.69. The van der Waals surface area contributed by atoms with Crippen molar-refractivity contribution in [2.75, 3.05) is 0 Å². The summed E-state index contributed by atoms with van der Waals surface area (Å²) in [5.41, 5.74) is 6.09. The van der Waals surface area contributed by atoms with Gasteiger partial charge >= 0.3 is 0 Å². The van der Waals surface area contributed by atoms with Gasteiger partial charge in [-0.2, -0.15) is 0 Å². The van der Waals surface area contributed by atoms with Crippen molar-refractivity contribution in [2.24, 2.45) is 5.84 Å². The molecule has 0 heterocycles. The van der Waals surface area contributed by atoms with Crippen molar-refractivity contribution in [2.45, 2.75) is 19.4 Å². The van der Waals surface area contributed by atoms with E-state index in [1.807, 2.05) is 43.3 Å². The number of nitrogens with one attached hydrogen (secondary N) is 1. The molecule has 0 aliphatic rings. The van der Waals surface area contributed by atoms with E-state index in [1.165, 1.54) is 0 Å². The molecule has 0 spiro atoms. The Kier molecular flexibility index (Phi) is 5.47. The van der Waals surface area contributed by atoms with Gasteiger partial charge in [-0.15, -0.1) is 0 Å². The Hall–Kier alpha value is -0.580. The molecule has 1 unspecified atom stereocenters. The van der Waals surface area contributed by atoms with E-state index in [4.69, 9.17) is 29.0 Å². The molecule has 2 rings (SSSR count). The normalized spacial score (nSPS) is 12.4. The predicted molar refractivity (Wildman–Crippen MR) is 89.1 cm³/mol. The van der Waals surface area contributed by atoms with Gasteiger partial charge in [0.05, 0.1) is 11.1 Å². The molecule has 3 N–H and O–H groups in total. The summed E-state index contributed by atoms with van der Waals surface area (Å²) in [5, 5.41) is 1.44. The summed E-state index contributed by atoms with van der Waals surface area (Å²) in [6, 6.07) is 11.8. The molecule has 2 aromatic carbocycles. The van der Waals surface area contributed by atoms with E-state index in [1.54, 1.807) is 0 Å². The predicted octanol–water partition coefficient (Wildman–Crippen LogP) is 4.81.